The summed E-state index contributed by atoms with van der Waals surface area (Å²) in [6.45, 7) is 8.18. The fraction of sp³-hybridized carbons (Fsp3) is 0.895. The molecule has 1 atom stereocenters. The highest BCUT2D eigenvalue weighted by molar-refractivity contribution is 5.04. The van der Waals surface area contributed by atoms with Crippen molar-refractivity contribution in [3.63, 3.8) is 0 Å². The molecule has 140 valence electrons. The SMILES string of the molecule is Cn1c(CN2CCCCC2)nnc1[C@@H]1CCCN(C2CCNCC2)C1. The molecule has 1 N–H and O–H groups in total. The number of piperidine rings is 3. The van der Waals surface area contributed by atoms with Gasteiger partial charge in [-0.15, -0.1) is 10.2 Å². The van der Waals surface area contributed by atoms with E-state index in [1.54, 1.807) is 0 Å². The Morgan fingerprint density at radius 1 is 0.960 bits per heavy atom. The van der Waals surface area contributed by atoms with Crippen LogP contribution in [0.4, 0.5) is 0 Å². The Kier molecular flexibility index (Phi) is 5.68. The molecule has 6 nitrogen and oxygen atoms in total. The molecule has 4 rings (SSSR count). The van der Waals surface area contributed by atoms with Gasteiger partial charge in [-0.2, -0.15) is 0 Å². The van der Waals surface area contributed by atoms with Crippen molar-refractivity contribution in [1.29, 1.82) is 0 Å². The number of hydrogen-bond acceptors (Lipinski definition) is 5. The molecular formula is C19H34N6. The van der Waals surface area contributed by atoms with Crippen LogP contribution < -0.4 is 5.32 Å². The topological polar surface area (TPSA) is 49.2 Å². The van der Waals surface area contributed by atoms with Gasteiger partial charge in [0.1, 0.15) is 11.6 Å². The molecule has 3 saturated heterocycles. The largest absolute Gasteiger partial charge is 0.317 e. The first-order valence-corrected chi connectivity index (χ1v) is 10.4. The van der Waals surface area contributed by atoms with Gasteiger partial charge in [0.2, 0.25) is 0 Å². The first-order valence-electron chi connectivity index (χ1n) is 10.4. The summed E-state index contributed by atoms with van der Waals surface area (Å²) < 4.78 is 2.30. The summed E-state index contributed by atoms with van der Waals surface area (Å²) in [7, 11) is 2.18. The molecule has 0 aliphatic carbocycles. The van der Waals surface area contributed by atoms with Crippen molar-refractivity contribution >= 4 is 0 Å². The van der Waals surface area contributed by atoms with E-state index in [0.717, 1.165) is 18.4 Å². The van der Waals surface area contributed by atoms with Crippen LogP contribution in [-0.4, -0.2) is 69.9 Å². The van der Waals surface area contributed by atoms with Gasteiger partial charge in [0.25, 0.3) is 0 Å². The summed E-state index contributed by atoms with van der Waals surface area (Å²) >= 11 is 0. The number of hydrogen-bond donors (Lipinski definition) is 1. The number of rotatable bonds is 4. The molecular weight excluding hydrogens is 312 g/mol. The molecule has 0 bridgehead atoms. The van der Waals surface area contributed by atoms with Crippen LogP contribution in [-0.2, 0) is 13.6 Å². The minimum Gasteiger partial charge on any atom is -0.317 e. The van der Waals surface area contributed by atoms with Crippen molar-refractivity contribution < 1.29 is 0 Å². The quantitative estimate of drug-likeness (QED) is 0.900. The van der Waals surface area contributed by atoms with Gasteiger partial charge >= 0.3 is 0 Å². The summed E-state index contributed by atoms with van der Waals surface area (Å²) in [5, 5.41) is 12.7. The smallest absolute Gasteiger partial charge is 0.146 e. The van der Waals surface area contributed by atoms with Crippen LogP contribution in [0.2, 0.25) is 0 Å². The standard InChI is InChI=1S/C19H34N6/c1-23-18(15-24-11-3-2-4-12-24)21-22-19(23)16-6-5-13-25(14-16)17-7-9-20-10-8-17/h16-17,20H,2-15H2,1H3/t16-/m1/s1. The summed E-state index contributed by atoms with van der Waals surface area (Å²) in [4.78, 5) is 5.27. The van der Waals surface area contributed by atoms with Crippen molar-refractivity contribution in [3.8, 4) is 0 Å². The maximum Gasteiger partial charge on any atom is 0.146 e. The maximum absolute atomic E-state index is 4.63. The molecule has 0 amide bonds. The number of aromatic nitrogens is 3. The summed E-state index contributed by atoms with van der Waals surface area (Å²) in [6.07, 6.45) is 9.20. The van der Waals surface area contributed by atoms with Crippen molar-refractivity contribution in [1.82, 2.24) is 29.9 Å². The van der Waals surface area contributed by atoms with Gasteiger partial charge in [-0.05, 0) is 71.2 Å². The zero-order valence-electron chi connectivity index (χ0n) is 15.8. The maximum atomic E-state index is 4.63. The zero-order valence-corrected chi connectivity index (χ0v) is 15.8. The minimum absolute atomic E-state index is 0.552. The van der Waals surface area contributed by atoms with Crippen molar-refractivity contribution in [2.24, 2.45) is 7.05 Å². The lowest BCUT2D eigenvalue weighted by Crippen LogP contribution is -2.47. The van der Waals surface area contributed by atoms with Crippen LogP contribution in [0, 0.1) is 0 Å². The minimum atomic E-state index is 0.552. The molecule has 1 aromatic rings. The van der Waals surface area contributed by atoms with E-state index >= 15 is 0 Å². The van der Waals surface area contributed by atoms with E-state index in [9.17, 15) is 0 Å². The van der Waals surface area contributed by atoms with Gasteiger partial charge in [0, 0.05) is 25.6 Å². The molecule has 4 heterocycles. The molecule has 0 spiro atoms. The number of nitrogens with one attached hydrogen (secondary N) is 1. The van der Waals surface area contributed by atoms with E-state index in [0.29, 0.717) is 5.92 Å². The normalized spacial score (nSPS) is 27.6. The fourth-order valence-electron chi connectivity index (χ4n) is 4.91. The van der Waals surface area contributed by atoms with E-state index in [-0.39, 0.29) is 0 Å². The average Bonchev–Trinajstić information content (AvgIpc) is 3.04. The Bertz CT molecular complexity index is 544. The Morgan fingerprint density at radius 2 is 1.76 bits per heavy atom. The molecule has 0 radical (unpaired) electrons. The molecule has 0 unspecified atom stereocenters. The summed E-state index contributed by atoms with van der Waals surface area (Å²) in [5.74, 6) is 2.91. The third kappa shape index (κ3) is 4.07. The van der Waals surface area contributed by atoms with Gasteiger partial charge < -0.3 is 9.88 Å². The molecule has 3 aliphatic rings. The van der Waals surface area contributed by atoms with Gasteiger partial charge in [-0.1, -0.05) is 6.42 Å². The first-order chi connectivity index (χ1) is 12.3. The zero-order chi connectivity index (χ0) is 17.1. The highest BCUT2D eigenvalue weighted by Crippen LogP contribution is 2.29. The molecule has 6 heteroatoms. The lowest BCUT2D eigenvalue weighted by Gasteiger charge is -2.39. The van der Waals surface area contributed by atoms with Gasteiger partial charge in [-0.3, -0.25) is 9.80 Å². The van der Waals surface area contributed by atoms with Crippen molar-refractivity contribution in [2.45, 2.75) is 63.5 Å². The molecule has 1 aromatic heterocycles. The van der Waals surface area contributed by atoms with Crippen LogP contribution in [0.1, 0.15) is 62.5 Å². The van der Waals surface area contributed by atoms with E-state index < -0.39 is 0 Å². The Morgan fingerprint density at radius 3 is 2.56 bits per heavy atom. The van der Waals surface area contributed by atoms with E-state index in [4.69, 9.17) is 0 Å². The Labute approximate surface area is 152 Å². The second-order valence-electron chi connectivity index (χ2n) is 8.19. The lowest BCUT2D eigenvalue weighted by atomic mass is 9.93. The van der Waals surface area contributed by atoms with E-state index in [2.05, 4.69) is 36.9 Å². The van der Waals surface area contributed by atoms with Gasteiger partial charge in [0.05, 0.1) is 6.54 Å². The van der Waals surface area contributed by atoms with E-state index in [1.165, 1.54) is 90.0 Å². The molecule has 3 fully saturated rings. The van der Waals surface area contributed by atoms with Gasteiger partial charge in [0.15, 0.2) is 0 Å². The average molecular weight is 347 g/mol. The van der Waals surface area contributed by atoms with Gasteiger partial charge in [-0.25, -0.2) is 0 Å². The van der Waals surface area contributed by atoms with Crippen LogP contribution in [0.15, 0.2) is 0 Å². The second-order valence-corrected chi connectivity index (χ2v) is 8.19. The summed E-state index contributed by atoms with van der Waals surface area (Å²) in [5.41, 5.74) is 0. The fourth-order valence-corrected chi connectivity index (χ4v) is 4.91. The summed E-state index contributed by atoms with van der Waals surface area (Å²) in [6, 6.07) is 0.769. The van der Waals surface area contributed by atoms with Crippen molar-refractivity contribution in [3.05, 3.63) is 11.6 Å². The Hall–Kier alpha value is -0.980. The Balaban J connectivity index is 1.40. The molecule has 25 heavy (non-hydrogen) atoms. The number of likely N-dealkylation sites (tertiary alicyclic amines) is 2. The third-order valence-corrected chi connectivity index (χ3v) is 6.46. The number of nitrogens with zero attached hydrogens (tertiary/aromatic N) is 5. The highest BCUT2D eigenvalue weighted by atomic mass is 15.3. The van der Waals surface area contributed by atoms with E-state index in [1.807, 2.05) is 0 Å². The van der Waals surface area contributed by atoms with Crippen LogP contribution in [0.3, 0.4) is 0 Å². The first kappa shape index (κ1) is 17.4. The third-order valence-electron chi connectivity index (χ3n) is 6.46. The van der Waals surface area contributed by atoms with Crippen LogP contribution >= 0.6 is 0 Å². The second kappa shape index (κ2) is 8.14. The predicted molar refractivity (Wildman–Crippen MR) is 99.6 cm³/mol. The lowest BCUT2D eigenvalue weighted by molar-refractivity contribution is 0.120. The van der Waals surface area contributed by atoms with Crippen molar-refractivity contribution in [2.75, 3.05) is 39.3 Å². The predicted octanol–water partition coefficient (Wildman–Crippen LogP) is 1.73. The van der Waals surface area contributed by atoms with Crippen LogP contribution in [0.25, 0.3) is 0 Å². The monoisotopic (exact) mass is 346 g/mol. The molecule has 0 saturated carbocycles. The molecule has 0 aromatic carbocycles. The highest BCUT2D eigenvalue weighted by Gasteiger charge is 2.30. The molecule has 3 aliphatic heterocycles. The van der Waals surface area contributed by atoms with Crippen LogP contribution in [0.5, 0.6) is 0 Å².